The van der Waals surface area contributed by atoms with E-state index in [0.717, 1.165) is 37.9 Å². The van der Waals surface area contributed by atoms with E-state index in [1.54, 1.807) is 14.2 Å². The lowest BCUT2D eigenvalue weighted by atomic mass is 9.92. The van der Waals surface area contributed by atoms with E-state index >= 15 is 0 Å². The smallest absolute Gasteiger partial charge is 0.184 e. The third-order valence-corrected chi connectivity index (χ3v) is 6.30. The van der Waals surface area contributed by atoms with Gasteiger partial charge < -0.3 is 18.9 Å². The number of nitrogens with zero attached hydrogens (tertiary/aromatic N) is 1. The molecule has 2 aromatic rings. The summed E-state index contributed by atoms with van der Waals surface area (Å²) in [5, 5.41) is 0. The van der Waals surface area contributed by atoms with Crippen LogP contribution in [-0.4, -0.2) is 63.2 Å². The molecule has 2 unspecified atom stereocenters. The highest BCUT2D eigenvalue weighted by atomic mass is 16.7. The highest BCUT2D eigenvalue weighted by Crippen LogP contribution is 2.35. The first-order valence-corrected chi connectivity index (χ1v) is 11.0. The number of benzene rings is 2. The topological polar surface area (TPSA) is 40.2 Å². The summed E-state index contributed by atoms with van der Waals surface area (Å²) in [5.74, 6) is 0. The fourth-order valence-electron chi connectivity index (χ4n) is 4.67. The van der Waals surface area contributed by atoms with E-state index in [9.17, 15) is 0 Å². The van der Waals surface area contributed by atoms with Gasteiger partial charge in [0.05, 0.1) is 18.8 Å². The Morgan fingerprint density at radius 2 is 1.67 bits per heavy atom. The summed E-state index contributed by atoms with van der Waals surface area (Å²) in [7, 11) is 3.51. The molecule has 2 aliphatic rings. The first-order valence-electron chi connectivity index (χ1n) is 11.0. The van der Waals surface area contributed by atoms with Crippen molar-refractivity contribution in [2.45, 2.75) is 49.9 Å². The Morgan fingerprint density at radius 1 is 0.933 bits per heavy atom. The van der Waals surface area contributed by atoms with E-state index in [1.807, 2.05) is 30.3 Å². The van der Waals surface area contributed by atoms with Crippen molar-refractivity contribution in [1.82, 2.24) is 4.90 Å². The molecule has 2 fully saturated rings. The maximum Gasteiger partial charge on any atom is 0.184 e. The summed E-state index contributed by atoms with van der Waals surface area (Å²) in [6.07, 6.45) is 2.85. The molecule has 0 saturated carbocycles. The fourth-order valence-corrected chi connectivity index (χ4v) is 4.67. The molecule has 2 aromatic carbocycles. The molecule has 5 heteroatoms. The molecular formula is C25H33NO4. The zero-order valence-corrected chi connectivity index (χ0v) is 18.0. The van der Waals surface area contributed by atoms with Gasteiger partial charge in [-0.15, -0.1) is 0 Å². The van der Waals surface area contributed by atoms with Gasteiger partial charge in [-0.3, -0.25) is 4.90 Å². The van der Waals surface area contributed by atoms with Crippen LogP contribution in [0.15, 0.2) is 60.7 Å². The zero-order valence-electron chi connectivity index (χ0n) is 18.0. The molecule has 0 aromatic heterocycles. The minimum Gasteiger partial charge on any atom is -0.377 e. The van der Waals surface area contributed by atoms with Gasteiger partial charge in [0.15, 0.2) is 6.29 Å². The summed E-state index contributed by atoms with van der Waals surface area (Å²) in [5.41, 5.74) is 2.44. The predicted octanol–water partition coefficient (Wildman–Crippen LogP) is 3.84. The van der Waals surface area contributed by atoms with Crippen LogP contribution < -0.4 is 0 Å². The number of aryl methyl sites for hydroxylation is 1. The maximum absolute atomic E-state index is 6.45. The Labute approximate surface area is 179 Å². The predicted molar refractivity (Wildman–Crippen MR) is 116 cm³/mol. The first kappa shape index (κ1) is 21.5. The Kier molecular flexibility index (Phi) is 7.52. The average Bonchev–Trinajstić information content (AvgIpc) is 2.82. The van der Waals surface area contributed by atoms with Crippen LogP contribution in [0.3, 0.4) is 0 Å². The first-order chi connectivity index (χ1) is 14.8. The molecule has 2 aliphatic heterocycles. The van der Waals surface area contributed by atoms with Crippen LogP contribution in [0.5, 0.6) is 0 Å². The van der Waals surface area contributed by atoms with Gasteiger partial charge in [-0.05, 0) is 31.4 Å². The molecule has 162 valence electrons. The van der Waals surface area contributed by atoms with Gasteiger partial charge in [0.2, 0.25) is 0 Å². The molecule has 0 aliphatic carbocycles. The van der Waals surface area contributed by atoms with Gasteiger partial charge in [-0.2, -0.15) is 0 Å². The van der Waals surface area contributed by atoms with E-state index < -0.39 is 0 Å². The SMILES string of the molecule is CO[C@@H]1[C@@H](OC)CN(CCCCc2ccccc2)C2COC(c3ccccc3)O[C@H]21. The van der Waals surface area contributed by atoms with E-state index in [1.165, 1.54) is 5.56 Å². The van der Waals surface area contributed by atoms with Gasteiger partial charge >= 0.3 is 0 Å². The molecule has 0 N–H and O–H groups in total. The van der Waals surface area contributed by atoms with E-state index in [-0.39, 0.29) is 30.6 Å². The number of likely N-dealkylation sites (tertiary alicyclic amines) is 1. The Morgan fingerprint density at radius 3 is 2.37 bits per heavy atom. The lowest BCUT2D eigenvalue weighted by Crippen LogP contribution is -2.66. The molecule has 4 rings (SSSR count). The molecule has 0 spiro atoms. The lowest BCUT2D eigenvalue weighted by Gasteiger charge is -2.51. The second-order valence-electron chi connectivity index (χ2n) is 8.16. The highest BCUT2D eigenvalue weighted by molar-refractivity contribution is 5.17. The normalized spacial score (nSPS) is 29.5. The van der Waals surface area contributed by atoms with Crippen molar-refractivity contribution in [3.05, 3.63) is 71.8 Å². The molecule has 0 amide bonds. The number of fused-ring (bicyclic) bond motifs is 1. The number of hydrogen-bond donors (Lipinski definition) is 0. The van der Waals surface area contributed by atoms with Gasteiger partial charge in [0.1, 0.15) is 12.2 Å². The van der Waals surface area contributed by atoms with Crippen LogP contribution in [0.1, 0.15) is 30.3 Å². The molecule has 5 atom stereocenters. The van der Waals surface area contributed by atoms with Crippen LogP contribution >= 0.6 is 0 Å². The van der Waals surface area contributed by atoms with Crippen molar-refractivity contribution < 1.29 is 18.9 Å². The van der Waals surface area contributed by atoms with Crippen molar-refractivity contribution >= 4 is 0 Å². The van der Waals surface area contributed by atoms with Gasteiger partial charge in [0, 0.05) is 26.3 Å². The van der Waals surface area contributed by atoms with Gasteiger partial charge in [-0.1, -0.05) is 60.7 Å². The molecule has 0 radical (unpaired) electrons. The van der Waals surface area contributed by atoms with Crippen molar-refractivity contribution in [3.8, 4) is 0 Å². The second-order valence-corrected chi connectivity index (χ2v) is 8.16. The maximum atomic E-state index is 6.45. The molecule has 30 heavy (non-hydrogen) atoms. The van der Waals surface area contributed by atoms with Crippen molar-refractivity contribution in [3.63, 3.8) is 0 Å². The van der Waals surface area contributed by atoms with Crippen LogP contribution in [0.2, 0.25) is 0 Å². The number of rotatable bonds is 8. The second kappa shape index (κ2) is 10.5. The fraction of sp³-hybridized carbons (Fsp3) is 0.520. The lowest BCUT2D eigenvalue weighted by molar-refractivity contribution is -0.292. The van der Waals surface area contributed by atoms with E-state index in [4.69, 9.17) is 18.9 Å². The quantitative estimate of drug-likeness (QED) is 0.618. The van der Waals surface area contributed by atoms with Crippen LogP contribution in [-0.2, 0) is 25.4 Å². The highest BCUT2D eigenvalue weighted by Gasteiger charge is 2.48. The molecular weight excluding hydrogens is 378 g/mol. The monoisotopic (exact) mass is 411 g/mol. The van der Waals surface area contributed by atoms with Crippen molar-refractivity contribution in [2.24, 2.45) is 0 Å². The summed E-state index contributed by atoms with van der Waals surface area (Å²) in [6.45, 7) is 2.48. The van der Waals surface area contributed by atoms with Crippen LogP contribution in [0, 0.1) is 0 Å². The number of methoxy groups -OCH3 is 2. The minimum atomic E-state index is -0.361. The largest absolute Gasteiger partial charge is 0.377 e. The number of unbranched alkanes of at least 4 members (excludes halogenated alkanes) is 1. The van der Waals surface area contributed by atoms with E-state index in [0.29, 0.717) is 6.61 Å². The molecule has 5 nitrogen and oxygen atoms in total. The zero-order chi connectivity index (χ0) is 20.8. The standard InChI is InChI=1S/C25H33NO4/c1-27-22-17-26(16-10-9-13-19-11-5-3-6-12-19)21-18-29-25(20-14-7-4-8-15-20)30-23(21)24(22)28-2/h3-8,11-12,14-15,21-25H,9-10,13,16-18H2,1-2H3/t21?,22-,23+,24+,25?/m0/s1. The van der Waals surface area contributed by atoms with Gasteiger partial charge in [0.25, 0.3) is 0 Å². The summed E-state index contributed by atoms with van der Waals surface area (Å²) < 4.78 is 24.2. The minimum absolute atomic E-state index is 0.0140. The summed E-state index contributed by atoms with van der Waals surface area (Å²) in [6, 6.07) is 21.0. The number of ether oxygens (including phenoxy) is 4. The van der Waals surface area contributed by atoms with Gasteiger partial charge in [-0.25, -0.2) is 0 Å². The van der Waals surface area contributed by atoms with Crippen LogP contribution in [0.25, 0.3) is 0 Å². The molecule has 2 saturated heterocycles. The number of piperidine rings is 1. The molecule has 2 heterocycles. The van der Waals surface area contributed by atoms with Crippen molar-refractivity contribution in [1.29, 1.82) is 0 Å². The Hall–Kier alpha value is -1.76. The summed E-state index contributed by atoms with van der Waals surface area (Å²) in [4.78, 5) is 2.47. The summed E-state index contributed by atoms with van der Waals surface area (Å²) >= 11 is 0. The van der Waals surface area contributed by atoms with Crippen LogP contribution in [0.4, 0.5) is 0 Å². The third-order valence-electron chi connectivity index (χ3n) is 6.30. The molecule has 0 bridgehead atoms. The van der Waals surface area contributed by atoms with Crippen molar-refractivity contribution in [2.75, 3.05) is 33.9 Å². The Bertz CT molecular complexity index is 756. The average molecular weight is 412 g/mol. The number of hydrogen-bond acceptors (Lipinski definition) is 5. The Balaban J connectivity index is 1.40. The third kappa shape index (κ3) is 4.93. The van der Waals surface area contributed by atoms with E-state index in [2.05, 4.69) is 35.2 Å².